The summed E-state index contributed by atoms with van der Waals surface area (Å²) >= 11 is 0. The van der Waals surface area contributed by atoms with Crippen LogP contribution in [0.5, 0.6) is 0 Å². The molecular weight excluding hydrogens is 941 g/mol. The Morgan fingerprint density at radius 3 is 0.766 bits per heavy atom. The number of unbranched alkanes of at least 4 members (excludes halogenated alkanes) is 57. The zero-order valence-electron chi connectivity index (χ0n) is 53.4. The molecule has 460 valence electrons. The minimum Gasteiger partial charge on any atom is -0.481 e. The van der Waals surface area contributed by atoms with Crippen LogP contribution in [0.15, 0.2) is 0 Å². The summed E-state index contributed by atoms with van der Waals surface area (Å²) in [6.07, 6.45) is 87.9. The van der Waals surface area contributed by atoms with Gasteiger partial charge in [0.05, 0.1) is 24.2 Å². The Hall–Kier alpha value is -0.610. The van der Waals surface area contributed by atoms with Gasteiger partial charge in [0.25, 0.3) is 0 Å². The van der Waals surface area contributed by atoms with Crippen molar-refractivity contribution in [2.45, 2.75) is 450 Å². The lowest BCUT2D eigenvalue weighted by Gasteiger charge is -2.19. The SMILES string of the molecule is CCCCCCCCCCCCCCCCCCCCC(C(=O)O)C(O)CCCCCCCCCCCCCCCCCCCCCCCCCCCCC1OC1C(C)CCCCCCCCCCCCCCCCCC. The molecule has 5 unspecified atom stereocenters. The van der Waals surface area contributed by atoms with Crippen molar-refractivity contribution in [3.8, 4) is 0 Å². The van der Waals surface area contributed by atoms with Gasteiger partial charge in [-0.1, -0.05) is 406 Å². The van der Waals surface area contributed by atoms with Gasteiger partial charge in [0.1, 0.15) is 0 Å². The van der Waals surface area contributed by atoms with Crippen LogP contribution in [0.1, 0.15) is 432 Å². The molecule has 77 heavy (non-hydrogen) atoms. The summed E-state index contributed by atoms with van der Waals surface area (Å²) in [6, 6.07) is 0. The molecule has 4 heteroatoms. The van der Waals surface area contributed by atoms with E-state index < -0.39 is 18.0 Å². The molecule has 1 fully saturated rings. The Morgan fingerprint density at radius 1 is 0.312 bits per heavy atom. The molecule has 0 aromatic carbocycles. The summed E-state index contributed by atoms with van der Waals surface area (Å²) in [5.41, 5.74) is 0. The summed E-state index contributed by atoms with van der Waals surface area (Å²) in [5.74, 6) is -0.615. The molecule has 1 rings (SSSR count). The van der Waals surface area contributed by atoms with E-state index in [1.54, 1.807) is 0 Å². The monoisotopic (exact) mass is 1090 g/mol. The molecular formula is C73H144O4. The Balaban J connectivity index is 1.73. The van der Waals surface area contributed by atoms with Crippen LogP contribution in [0.25, 0.3) is 0 Å². The Bertz CT molecular complexity index is 1120. The van der Waals surface area contributed by atoms with Crippen molar-refractivity contribution in [1.29, 1.82) is 0 Å². The lowest BCUT2D eigenvalue weighted by molar-refractivity contribution is -0.146. The Morgan fingerprint density at radius 2 is 0.519 bits per heavy atom. The lowest BCUT2D eigenvalue weighted by Crippen LogP contribution is -2.28. The third-order valence-electron chi connectivity index (χ3n) is 18.6. The fraction of sp³-hybridized carbons (Fsp3) is 0.986. The highest BCUT2D eigenvalue weighted by molar-refractivity contribution is 5.70. The first-order chi connectivity index (χ1) is 38.0. The van der Waals surface area contributed by atoms with E-state index in [1.165, 1.54) is 372 Å². The molecule has 1 aliphatic rings. The van der Waals surface area contributed by atoms with Crippen molar-refractivity contribution < 1.29 is 19.7 Å². The van der Waals surface area contributed by atoms with Crippen molar-refractivity contribution in [2.75, 3.05) is 0 Å². The van der Waals surface area contributed by atoms with E-state index in [1.807, 2.05) is 0 Å². The zero-order chi connectivity index (χ0) is 55.4. The number of carboxylic acids is 1. The van der Waals surface area contributed by atoms with Gasteiger partial charge in [-0.2, -0.15) is 0 Å². The number of aliphatic hydroxyl groups excluding tert-OH is 1. The molecule has 4 nitrogen and oxygen atoms in total. The van der Waals surface area contributed by atoms with Crippen LogP contribution in [-0.4, -0.2) is 34.5 Å². The van der Waals surface area contributed by atoms with Gasteiger partial charge < -0.3 is 14.9 Å². The first kappa shape index (κ1) is 74.4. The number of aliphatic carboxylic acids is 1. The average molecular weight is 1090 g/mol. The zero-order valence-corrected chi connectivity index (χ0v) is 53.4. The third-order valence-corrected chi connectivity index (χ3v) is 18.6. The number of aliphatic hydroxyl groups is 1. The first-order valence-corrected chi connectivity index (χ1v) is 36.6. The van der Waals surface area contributed by atoms with Crippen LogP contribution in [0.2, 0.25) is 0 Å². The highest BCUT2D eigenvalue weighted by Gasteiger charge is 2.41. The number of carbonyl (C=O) groups is 1. The smallest absolute Gasteiger partial charge is 0.309 e. The summed E-state index contributed by atoms with van der Waals surface area (Å²) in [7, 11) is 0. The van der Waals surface area contributed by atoms with E-state index in [2.05, 4.69) is 20.8 Å². The summed E-state index contributed by atoms with van der Waals surface area (Å²) in [6.45, 7) is 7.05. The summed E-state index contributed by atoms with van der Waals surface area (Å²) in [4.78, 5) is 11.9. The van der Waals surface area contributed by atoms with Crippen molar-refractivity contribution in [2.24, 2.45) is 11.8 Å². The van der Waals surface area contributed by atoms with E-state index >= 15 is 0 Å². The minimum atomic E-state index is -0.801. The van der Waals surface area contributed by atoms with E-state index in [9.17, 15) is 15.0 Å². The molecule has 2 N–H and O–H groups in total. The molecule has 1 heterocycles. The maximum Gasteiger partial charge on any atom is 0.309 e. The normalized spacial score (nSPS) is 15.6. The van der Waals surface area contributed by atoms with Gasteiger partial charge in [0.15, 0.2) is 0 Å². The first-order valence-electron chi connectivity index (χ1n) is 36.6. The number of hydrogen-bond acceptors (Lipinski definition) is 3. The van der Waals surface area contributed by atoms with E-state index in [0.29, 0.717) is 25.0 Å². The molecule has 0 spiro atoms. The average Bonchev–Trinajstić information content (AvgIpc) is 4.22. The molecule has 0 radical (unpaired) electrons. The lowest BCUT2D eigenvalue weighted by atomic mass is 9.91. The van der Waals surface area contributed by atoms with Gasteiger partial charge in [-0.15, -0.1) is 0 Å². The second-order valence-electron chi connectivity index (χ2n) is 26.3. The van der Waals surface area contributed by atoms with Crippen LogP contribution in [0.4, 0.5) is 0 Å². The second-order valence-corrected chi connectivity index (χ2v) is 26.3. The number of epoxide rings is 1. The maximum absolute atomic E-state index is 11.9. The topological polar surface area (TPSA) is 70.1 Å². The molecule has 0 aliphatic carbocycles. The quantitative estimate of drug-likeness (QED) is 0.0470. The highest BCUT2D eigenvalue weighted by atomic mass is 16.6. The van der Waals surface area contributed by atoms with Crippen LogP contribution < -0.4 is 0 Å². The van der Waals surface area contributed by atoms with E-state index in [0.717, 1.165) is 31.6 Å². The van der Waals surface area contributed by atoms with E-state index in [4.69, 9.17) is 4.74 Å². The third kappa shape index (κ3) is 54.4. The van der Waals surface area contributed by atoms with Gasteiger partial charge in [0, 0.05) is 0 Å². The largest absolute Gasteiger partial charge is 0.481 e. The van der Waals surface area contributed by atoms with Crippen molar-refractivity contribution in [3.63, 3.8) is 0 Å². The number of rotatable bonds is 68. The van der Waals surface area contributed by atoms with Crippen LogP contribution in [-0.2, 0) is 9.53 Å². The Labute approximate surface area is 485 Å². The standard InChI is InChI=1S/C73H144O4/c1-4-6-8-10-12-14-16-18-20-22-33-37-41-45-49-53-57-61-65-69(73(75)76)70(74)66-62-58-54-50-46-42-38-34-31-29-27-25-23-24-26-28-30-32-35-39-43-47-51-55-59-63-67-71-72(77-71)68(3)64-60-56-52-48-44-40-36-21-19-17-15-13-11-9-7-5-2/h68-72,74H,4-67H2,1-3H3,(H,75,76). The van der Waals surface area contributed by atoms with Crippen molar-refractivity contribution in [1.82, 2.24) is 0 Å². The molecule has 0 bridgehead atoms. The highest BCUT2D eigenvalue weighted by Crippen LogP contribution is 2.36. The maximum atomic E-state index is 11.9. The van der Waals surface area contributed by atoms with Crippen LogP contribution in [0, 0.1) is 11.8 Å². The number of ether oxygens (including phenoxy) is 1. The molecule has 0 saturated carbocycles. The van der Waals surface area contributed by atoms with Gasteiger partial charge >= 0.3 is 5.97 Å². The van der Waals surface area contributed by atoms with Gasteiger partial charge in [-0.3, -0.25) is 4.79 Å². The molecule has 1 aliphatic heterocycles. The molecule has 1 saturated heterocycles. The summed E-state index contributed by atoms with van der Waals surface area (Å²) in [5, 5.41) is 20.5. The van der Waals surface area contributed by atoms with Gasteiger partial charge in [-0.05, 0) is 31.6 Å². The molecule has 0 aromatic heterocycles. The number of hydrogen-bond donors (Lipinski definition) is 2. The molecule has 5 atom stereocenters. The summed E-state index contributed by atoms with van der Waals surface area (Å²) < 4.78 is 6.14. The number of carboxylic acid groups (broad SMARTS) is 1. The predicted octanol–water partition coefficient (Wildman–Crippen LogP) is 25.5. The molecule has 0 aromatic rings. The second kappa shape index (κ2) is 61.5. The van der Waals surface area contributed by atoms with Gasteiger partial charge in [0.2, 0.25) is 0 Å². The van der Waals surface area contributed by atoms with Crippen molar-refractivity contribution in [3.05, 3.63) is 0 Å². The van der Waals surface area contributed by atoms with Crippen LogP contribution in [0.3, 0.4) is 0 Å². The van der Waals surface area contributed by atoms with Gasteiger partial charge in [-0.25, -0.2) is 0 Å². The molecule has 0 amide bonds. The fourth-order valence-electron chi connectivity index (χ4n) is 13.0. The van der Waals surface area contributed by atoms with Crippen molar-refractivity contribution >= 4 is 5.97 Å². The minimum absolute atomic E-state index is 0.582. The Kier molecular flexibility index (Phi) is 59.4. The van der Waals surface area contributed by atoms with Crippen LogP contribution >= 0.6 is 0 Å². The van der Waals surface area contributed by atoms with E-state index in [-0.39, 0.29) is 0 Å². The fourth-order valence-corrected chi connectivity index (χ4v) is 13.0. The predicted molar refractivity (Wildman–Crippen MR) is 342 cm³/mol.